The highest BCUT2D eigenvalue weighted by Gasteiger charge is 2.10. The van der Waals surface area contributed by atoms with Crippen LogP contribution in [-0.4, -0.2) is 17.8 Å². The van der Waals surface area contributed by atoms with Crippen molar-refractivity contribution in [3.8, 4) is 0 Å². The van der Waals surface area contributed by atoms with Crippen LogP contribution >= 0.6 is 0 Å². The molecule has 0 saturated heterocycles. The van der Waals surface area contributed by atoms with E-state index in [0.717, 1.165) is 6.42 Å². The van der Waals surface area contributed by atoms with Gasteiger partial charge in [0.2, 0.25) is 0 Å². The van der Waals surface area contributed by atoms with Gasteiger partial charge in [-0.05, 0) is 12.0 Å². The fraction of sp³-hybridized carbons (Fsp3) is 0.500. The van der Waals surface area contributed by atoms with Gasteiger partial charge in [0.25, 0.3) is 0 Å². The SMILES string of the molecule is CC(C)N[C@@H](CCO)c1ccccc1. The minimum Gasteiger partial charge on any atom is -0.396 e. The molecule has 1 aromatic carbocycles. The van der Waals surface area contributed by atoms with Gasteiger partial charge < -0.3 is 10.4 Å². The first-order chi connectivity index (χ1) is 6.74. The molecule has 2 N–H and O–H groups in total. The van der Waals surface area contributed by atoms with Crippen LogP contribution in [0.2, 0.25) is 0 Å². The van der Waals surface area contributed by atoms with Gasteiger partial charge in [-0.3, -0.25) is 0 Å². The molecule has 2 heteroatoms. The van der Waals surface area contributed by atoms with E-state index in [1.54, 1.807) is 0 Å². The van der Waals surface area contributed by atoms with Crippen molar-refractivity contribution in [3.05, 3.63) is 35.9 Å². The van der Waals surface area contributed by atoms with E-state index in [4.69, 9.17) is 5.11 Å². The van der Waals surface area contributed by atoms with Gasteiger partial charge in [-0.1, -0.05) is 44.2 Å². The average molecular weight is 193 g/mol. The van der Waals surface area contributed by atoms with Crippen LogP contribution in [0.1, 0.15) is 31.9 Å². The molecule has 0 fully saturated rings. The largest absolute Gasteiger partial charge is 0.396 e. The van der Waals surface area contributed by atoms with Crippen molar-refractivity contribution in [1.82, 2.24) is 5.32 Å². The number of nitrogens with one attached hydrogen (secondary N) is 1. The number of hydrogen-bond acceptors (Lipinski definition) is 2. The van der Waals surface area contributed by atoms with Crippen LogP contribution in [0.25, 0.3) is 0 Å². The van der Waals surface area contributed by atoms with Crippen LogP contribution in [0, 0.1) is 0 Å². The normalized spacial score (nSPS) is 13.1. The summed E-state index contributed by atoms with van der Waals surface area (Å²) >= 11 is 0. The number of hydrogen-bond donors (Lipinski definition) is 2. The summed E-state index contributed by atoms with van der Waals surface area (Å²) in [5, 5.41) is 12.4. The molecule has 0 aliphatic rings. The minimum absolute atomic E-state index is 0.222. The maximum Gasteiger partial charge on any atom is 0.0449 e. The summed E-state index contributed by atoms with van der Waals surface area (Å²) in [6.07, 6.45) is 0.766. The zero-order valence-corrected chi connectivity index (χ0v) is 8.90. The zero-order valence-electron chi connectivity index (χ0n) is 8.90. The van der Waals surface area contributed by atoms with Gasteiger partial charge in [0.05, 0.1) is 0 Å². The summed E-state index contributed by atoms with van der Waals surface area (Å²) in [4.78, 5) is 0. The standard InChI is InChI=1S/C12H19NO/c1-10(2)13-12(8-9-14)11-6-4-3-5-7-11/h3-7,10,12-14H,8-9H2,1-2H3/t12-/m0/s1. The van der Waals surface area contributed by atoms with Gasteiger partial charge in [-0.2, -0.15) is 0 Å². The molecule has 0 aromatic heterocycles. The Labute approximate surface area is 86.0 Å². The molecule has 1 aromatic rings. The molecule has 0 aliphatic carbocycles. The van der Waals surface area contributed by atoms with E-state index >= 15 is 0 Å². The average Bonchev–Trinajstić information content (AvgIpc) is 2.18. The summed E-state index contributed by atoms with van der Waals surface area (Å²) in [5.74, 6) is 0. The third-order valence-electron chi connectivity index (χ3n) is 2.15. The summed E-state index contributed by atoms with van der Waals surface area (Å²) in [6, 6.07) is 11.0. The molecule has 0 radical (unpaired) electrons. The lowest BCUT2D eigenvalue weighted by Gasteiger charge is -2.20. The Bertz CT molecular complexity index is 246. The molecule has 0 amide bonds. The van der Waals surface area contributed by atoms with E-state index in [-0.39, 0.29) is 12.6 Å². The molecular weight excluding hydrogens is 174 g/mol. The van der Waals surface area contributed by atoms with Crippen LogP contribution in [0.5, 0.6) is 0 Å². The predicted octanol–water partition coefficient (Wildman–Crippen LogP) is 2.11. The van der Waals surface area contributed by atoms with Crippen LogP contribution in [0.4, 0.5) is 0 Å². The second kappa shape index (κ2) is 5.78. The Kier molecular flexibility index (Phi) is 4.63. The van der Waals surface area contributed by atoms with Crippen LogP contribution in [0.15, 0.2) is 30.3 Å². The van der Waals surface area contributed by atoms with Crippen molar-refractivity contribution in [2.75, 3.05) is 6.61 Å². The highest BCUT2D eigenvalue weighted by Crippen LogP contribution is 2.16. The van der Waals surface area contributed by atoms with E-state index in [0.29, 0.717) is 6.04 Å². The third kappa shape index (κ3) is 3.48. The van der Waals surface area contributed by atoms with E-state index < -0.39 is 0 Å². The Balaban J connectivity index is 2.67. The lowest BCUT2D eigenvalue weighted by molar-refractivity contribution is 0.261. The van der Waals surface area contributed by atoms with Crippen molar-refractivity contribution >= 4 is 0 Å². The van der Waals surface area contributed by atoms with Gasteiger partial charge in [0, 0.05) is 18.7 Å². The summed E-state index contributed by atoms with van der Waals surface area (Å²) in [5.41, 5.74) is 1.25. The van der Waals surface area contributed by atoms with Crippen LogP contribution in [0.3, 0.4) is 0 Å². The molecule has 0 saturated carbocycles. The van der Waals surface area contributed by atoms with E-state index in [1.807, 2.05) is 18.2 Å². The lowest BCUT2D eigenvalue weighted by Crippen LogP contribution is -2.28. The monoisotopic (exact) mass is 193 g/mol. The molecule has 14 heavy (non-hydrogen) atoms. The molecule has 1 atom stereocenters. The van der Waals surface area contributed by atoms with Crippen molar-refractivity contribution in [3.63, 3.8) is 0 Å². The maximum absolute atomic E-state index is 8.97. The summed E-state index contributed by atoms with van der Waals surface area (Å²) < 4.78 is 0. The second-order valence-electron chi connectivity index (χ2n) is 3.80. The smallest absolute Gasteiger partial charge is 0.0449 e. The lowest BCUT2D eigenvalue weighted by atomic mass is 10.0. The molecule has 0 heterocycles. The third-order valence-corrected chi connectivity index (χ3v) is 2.15. The highest BCUT2D eigenvalue weighted by molar-refractivity contribution is 5.18. The number of benzene rings is 1. The van der Waals surface area contributed by atoms with Gasteiger partial charge in [0.15, 0.2) is 0 Å². The van der Waals surface area contributed by atoms with E-state index in [1.165, 1.54) is 5.56 Å². The first-order valence-electron chi connectivity index (χ1n) is 5.16. The molecule has 0 unspecified atom stereocenters. The van der Waals surface area contributed by atoms with E-state index in [9.17, 15) is 0 Å². The first kappa shape index (κ1) is 11.2. The van der Waals surface area contributed by atoms with Gasteiger partial charge >= 0.3 is 0 Å². The van der Waals surface area contributed by atoms with Gasteiger partial charge in [-0.15, -0.1) is 0 Å². The van der Waals surface area contributed by atoms with Gasteiger partial charge in [0.1, 0.15) is 0 Å². The van der Waals surface area contributed by atoms with Crippen LogP contribution in [-0.2, 0) is 0 Å². The Morgan fingerprint density at radius 1 is 1.21 bits per heavy atom. The predicted molar refractivity (Wildman–Crippen MR) is 59.2 cm³/mol. The number of rotatable bonds is 5. The molecule has 2 nitrogen and oxygen atoms in total. The Hall–Kier alpha value is -0.860. The summed E-state index contributed by atoms with van der Waals surface area (Å²) in [7, 11) is 0. The van der Waals surface area contributed by atoms with Crippen molar-refractivity contribution in [2.45, 2.75) is 32.4 Å². The summed E-state index contributed by atoms with van der Waals surface area (Å²) in [6.45, 7) is 4.46. The van der Waals surface area contributed by atoms with Crippen molar-refractivity contribution in [2.24, 2.45) is 0 Å². The van der Waals surface area contributed by atoms with Gasteiger partial charge in [-0.25, -0.2) is 0 Å². The topological polar surface area (TPSA) is 32.3 Å². The fourth-order valence-corrected chi connectivity index (χ4v) is 1.56. The molecule has 0 spiro atoms. The van der Waals surface area contributed by atoms with Crippen molar-refractivity contribution in [1.29, 1.82) is 0 Å². The minimum atomic E-state index is 0.222. The first-order valence-corrected chi connectivity index (χ1v) is 5.16. The van der Waals surface area contributed by atoms with Crippen LogP contribution < -0.4 is 5.32 Å². The molecule has 78 valence electrons. The maximum atomic E-state index is 8.97. The van der Waals surface area contributed by atoms with Crippen molar-refractivity contribution < 1.29 is 5.11 Å². The molecular formula is C12H19NO. The quantitative estimate of drug-likeness (QED) is 0.750. The number of aliphatic hydroxyl groups excluding tert-OH is 1. The molecule has 0 aliphatic heterocycles. The second-order valence-corrected chi connectivity index (χ2v) is 3.80. The molecule has 0 bridgehead atoms. The number of aliphatic hydroxyl groups is 1. The zero-order chi connectivity index (χ0) is 10.4. The molecule has 1 rings (SSSR count). The fourth-order valence-electron chi connectivity index (χ4n) is 1.56. The Morgan fingerprint density at radius 2 is 1.86 bits per heavy atom. The van der Waals surface area contributed by atoms with E-state index in [2.05, 4.69) is 31.3 Å². The highest BCUT2D eigenvalue weighted by atomic mass is 16.3. The Morgan fingerprint density at radius 3 is 2.36 bits per heavy atom.